The van der Waals surface area contributed by atoms with Crippen LogP contribution in [0.2, 0.25) is 0 Å². The minimum atomic E-state index is -0.446. The van der Waals surface area contributed by atoms with E-state index in [1.807, 2.05) is 18.2 Å². The zero-order valence-corrected chi connectivity index (χ0v) is 8.23. The molecule has 0 fully saturated rings. The molecule has 0 aromatic heterocycles. The van der Waals surface area contributed by atoms with Gasteiger partial charge in [-0.25, -0.2) is 0 Å². The third-order valence-electron chi connectivity index (χ3n) is 2.83. The van der Waals surface area contributed by atoms with Crippen molar-refractivity contribution in [1.82, 2.24) is 0 Å². The summed E-state index contributed by atoms with van der Waals surface area (Å²) >= 11 is 0. The van der Waals surface area contributed by atoms with Crippen LogP contribution in [0, 0.1) is 0 Å². The first-order valence-corrected chi connectivity index (χ1v) is 4.83. The largest absolute Gasteiger partial charge is 0.496 e. The van der Waals surface area contributed by atoms with Gasteiger partial charge >= 0.3 is 0 Å². The lowest BCUT2D eigenvalue weighted by atomic mass is 9.85. The number of nitrogens with two attached hydrogens (primary N) is 1. The number of hydrogen-bond donors (Lipinski definition) is 2. The number of benzene rings is 1. The van der Waals surface area contributed by atoms with E-state index in [-0.39, 0.29) is 6.04 Å². The van der Waals surface area contributed by atoms with E-state index < -0.39 is 6.10 Å². The van der Waals surface area contributed by atoms with E-state index in [4.69, 9.17) is 10.5 Å². The lowest BCUT2D eigenvalue weighted by Crippen LogP contribution is -2.31. The van der Waals surface area contributed by atoms with Gasteiger partial charge in [-0.1, -0.05) is 12.1 Å². The van der Waals surface area contributed by atoms with E-state index in [0.717, 1.165) is 24.2 Å². The molecule has 0 bridgehead atoms. The maximum atomic E-state index is 9.66. The Labute approximate surface area is 83.5 Å². The fourth-order valence-corrected chi connectivity index (χ4v) is 2.04. The van der Waals surface area contributed by atoms with Crippen LogP contribution in [0.15, 0.2) is 18.2 Å². The Kier molecular flexibility index (Phi) is 2.44. The number of aryl methyl sites for hydroxylation is 1. The quantitative estimate of drug-likeness (QED) is 0.699. The number of methoxy groups -OCH3 is 1. The van der Waals surface area contributed by atoms with E-state index in [2.05, 4.69) is 0 Å². The minimum Gasteiger partial charge on any atom is -0.496 e. The molecule has 0 unspecified atom stereocenters. The molecule has 1 aromatic rings. The first-order chi connectivity index (χ1) is 6.74. The van der Waals surface area contributed by atoms with Crippen molar-refractivity contribution in [1.29, 1.82) is 0 Å². The van der Waals surface area contributed by atoms with Gasteiger partial charge in [0.25, 0.3) is 0 Å². The number of rotatable bonds is 1. The summed E-state index contributed by atoms with van der Waals surface area (Å²) in [4.78, 5) is 0. The zero-order chi connectivity index (χ0) is 10.1. The van der Waals surface area contributed by atoms with Crippen molar-refractivity contribution >= 4 is 0 Å². The van der Waals surface area contributed by atoms with E-state index in [1.54, 1.807) is 7.11 Å². The van der Waals surface area contributed by atoms with Crippen LogP contribution in [0.25, 0.3) is 0 Å². The third kappa shape index (κ3) is 1.38. The van der Waals surface area contributed by atoms with Gasteiger partial charge in [0.05, 0.1) is 19.3 Å². The molecule has 0 heterocycles. The molecule has 0 saturated carbocycles. The predicted octanol–water partition coefficient (Wildman–Crippen LogP) is 1.00. The van der Waals surface area contributed by atoms with Crippen molar-refractivity contribution in [2.75, 3.05) is 7.11 Å². The second-order valence-electron chi connectivity index (χ2n) is 3.66. The lowest BCUT2D eigenvalue weighted by Gasteiger charge is -2.28. The highest BCUT2D eigenvalue weighted by atomic mass is 16.5. The molecule has 0 radical (unpaired) electrons. The summed E-state index contributed by atoms with van der Waals surface area (Å²) < 4.78 is 5.24. The smallest absolute Gasteiger partial charge is 0.124 e. The number of hydrogen-bond acceptors (Lipinski definition) is 3. The van der Waals surface area contributed by atoms with Crippen LogP contribution in [-0.2, 0) is 6.42 Å². The molecule has 0 amide bonds. The van der Waals surface area contributed by atoms with E-state index >= 15 is 0 Å². The predicted molar refractivity (Wildman–Crippen MR) is 54.3 cm³/mol. The Morgan fingerprint density at radius 3 is 3.00 bits per heavy atom. The second kappa shape index (κ2) is 3.59. The molecule has 2 rings (SSSR count). The van der Waals surface area contributed by atoms with Gasteiger partial charge in [-0.15, -0.1) is 0 Å². The molecule has 14 heavy (non-hydrogen) atoms. The van der Waals surface area contributed by atoms with Crippen LogP contribution in [0.3, 0.4) is 0 Å². The van der Waals surface area contributed by atoms with Crippen LogP contribution in [0.4, 0.5) is 0 Å². The van der Waals surface area contributed by atoms with Crippen LogP contribution in [-0.4, -0.2) is 18.3 Å². The molecule has 2 atom stereocenters. The van der Waals surface area contributed by atoms with Crippen molar-refractivity contribution in [3.63, 3.8) is 0 Å². The molecule has 1 aromatic carbocycles. The SMILES string of the molecule is COc1cccc2c1[C@@H](N)[C@H](O)CC2. The molecule has 76 valence electrons. The summed E-state index contributed by atoms with van der Waals surface area (Å²) in [6.07, 6.45) is 1.17. The summed E-state index contributed by atoms with van der Waals surface area (Å²) in [7, 11) is 1.63. The average Bonchev–Trinajstić information content (AvgIpc) is 2.23. The lowest BCUT2D eigenvalue weighted by molar-refractivity contribution is 0.126. The summed E-state index contributed by atoms with van der Waals surface area (Å²) in [5.74, 6) is 0.786. The van der Waals surface area contributed by atoms with Crippen LogP contribution >= 0.6 is 0 Å². The van der Waals surface area contributed by atoms with Crippen molar-refractivity contribution in [3.05, 3.63) is 29.3 Å². The molecule has 1 aliphatic carbocycles. The topological polar surface area (TPSA) is 55.5 Å². The second-order valence-corrected chi connectivity index (χ2v) is 3.66. The highest BCUT2D eigenvalue weighted by Crippen LogP contribution is 2.34. The van der Waals surface area contributed by atoms with Crippen LogP contribution < -0.4 is 10.5 Å². The van der Waals surface area contributed by atoms with Gasteiger partial charge in [0.2, 0.25) is 0 Å². The number of aliphatic hydroxyl groups excluding tert-OH is 1. The summed E-state index contributed by atoms with van der Waals surface area (Å²) in [6, 6.07) is 5.58. The maximum Gasteiger partial charge on any atom is 0.124 e. The molecule has 0 aliphatic heterocycles. The van der Waals surface area contributed by atoms with Crippen molar-refractivity contribution in [2.45, 2.75) is 25.0 Å². The van der Waals surface area contributed by atoms with Gasteiger partial charge in [-0.05, 0) is 24.5 Å². The average molecular weight is 193 g/mol. The molecule has 3 heteroatoms. The molecule has 3 N–H and O–H groups in total. The Balaban J connectivity index is 2.49. The standard InChI is InChI=1S/C11H15NO2/c1-14-9-4-2-3-7-5-6-8(13)11(12)10(7)9/h2-4,8,11,13H,5-6,12H2,1H3/t8-,11+/m1/s1. The normalized spacial score (nSPS) is 25.6. The van der Waals surface area contributed by atoms with E-state index in [0.29, 0.717) is 0 Å². The molecule has 0 spiro atoms. The first-order valence-electron chi connectivity index (χ1n) is 4.83. The highest BCUT2D eigenvalue weighted by Gasteiger charge is 2.27. The Morgan fingerprint density at radius 2 is 2.29 bits per heavy atom. The Morgan fingerprint density at radius 1 is 1.50 bits per heavy atom. The molecule has 3 nitrogen and oxygen atoms in total. The Hall–Kier alpha value is -1.06. The molecular weight excluding hydrogens is 178 g/mol. The maximum absolute atomic E-state index is 9.66. The number of ether oxygens (including phenoxy) is 1. The van der Waals surface area contributed by atoms with Crippen LogP contribution in [0.5, 0.6) is 5.75 Å². The van der Waals surface area contributed by atoms with E-state index in [9.17, 15) is 5.11 Å². The molecule has 0 saturated heterocycles. The van der Waals surface area contributed by atoms with E-state index in [1.165, 1.54) is 5.56 Å². The summed E-state index contributed by atoms with van der Waals surface area (Å²) in [5.41, 5.74) is 8.10. The molecule has 1 aliphatic rings. The molecular formula is C11H15NO2. The van der Waals surface area contributed by atoms with Gasteiger partial charge in [0, 0.05) is 5.56 Å². The summed E-state index contributed by atoms with van der Waals surface area (Å²) in [5, 5.41) is 9.66. The number of aliphatic hydroxyl groups is 1. The van der Waals surface area contributed by atoms with Gasteiger partial charge in [0.1, 0.15) is 5.75 Å². The third-order valence-corrected chi connectivity index (χ3v) is 2.83. The van der Waals surface area contributed by atoms with Gasteiger partial charge in [0.15, 0.2) is 0 Å². The highest BCUT2D eigenvalue weighted by molar-refractivity contribution is 5.44. The van der Waals surface area contributed by atoms with Crippen molar-refractivity contribution in [3.8, 4) is 5.75 Å². The Bertz CT molecular complexity index is 324. The van der Waals surface area contributed by atoms with Gasteiger partial charge < -0.3 is 15.6 Å². The van der Waals surface area contributed by atoms with Crippen molar-refractivity contribution < 1.29 is 9.84 Å². The zero-order valence-electron chi connectivity index (χ0n) is 8.23. The summed E-state index contributed by atoms with van der Waals surface area (Å²) in [6.45, 7) is 0. The minimum absolute atomic E-state index is 0.310. The van der Waals surface area contributed by atoms with Gasteiger partial charge in [-0.3, -0.25) is 0 Å². The van der Waals surface area contributed by atoms with Crippen LogP contribution in [0.1, 0.15) is 23.6 Å². The fourth-order valence-electron chi connectivity index (χ4n) is 2.04. The fraction of sp³-hybridized carbons (Fsp3) is 0.455. The van der Waals surface area contributed by atoms with Gasteiger partial charge in [-0.2, -0.15) is 0 Å². The van der Waals surface area contributed by atoms with Crippen molar-refractivity contribution in [2.24, 2.45) is 5.73 Å². The number of fused-ring (bicyclic) bond motifs is 1. The first kappa shape index (κ1) is 9.49. The monoisotopic (exact) mass is 193 g/mol.